The van der Waals surface area contributed by atoms with E-state index in [9.17, 15) is 0 Å². The molecule has 0 spiro atoms. The van der Waals surface area contributed by atoms with Gasteiger partial charge in [0.05, 0.1) is 5.52 Å². The van der Waals surface area contributed by atoms with E-state index in [-0.39, 0.29) is 0 Å². The molecule has 0 aliphatic rings. The predicted octanol–water partition coefficient (Wildman–Crippen LogP) is 2.47. The van der Waals surface area contributed by atoms with Crippen molar-refractivity contribution in [3.8, 4) is 0 Å². The van der Waals surface area contributed by atoms with E-state index in [1.54, 1.807) is 0 Å². The van der Waals surface area contributed by atoms with Crippen LogP contribution < -0.4 is 5.73 Å². The molecule has 4 nitrogen and oxygen atoms in total. The maximum atomic E-state index is 5.88. The lowest BCUT2D eigenvalue weighted by molar-refractivity contribution is 1.01. The van der Waals surface area contributed by atoms with Crippen molar-refractivity contribution in [3.05, 3.63) is 29.0 Å². The van der Waals surface area contributed by atoms with E-state index >= 15 is 0 Å². The van der Waals surface area contributed by atoms with Gasteiger partial charge in [-0.2, -0.15) is 0 Å². The zero-order valence-corrected chi connectivity index (χ0v) is 10.2. The average Bonchev–Trinajstić information content (AvgIpc) is 2.54. The Balaban J connectivity index is 2.64. The molecule has 0 unspecified atom stereocenters. The summed E-state index contributed by atoms with van der Waals surface area (Å²) in [7, 11) is 1.97. The summed E-state index contributed by atoms with van der Waals surface area (Å²) in [4.78, 5) is 8.31. The van der Waals surface area contributed by atoms with E-state index in [2.05, 4.69) is 32.0 Å². The summed E-state index contributed by atoms with van der Waals surface area (Å²) in [6.45, 7) is 0. The number of halogens is 1. The molecule has 0 fully saturated rings. The number of nitrogens with zero attached hydrogens (tertiary/aromatic N) is 3. The van der Waals surface area contributed by atoms with Gasteiger partial charge in [0.15, 0.2) is 5.82 Å². The first-order valence-corrected chi connectivity index (χ1v) is 5.62. The lowest BCUT2D eigenvalue weighted by Crippen LogP contribution is -1.96. The minimum absolute atomic E-state index is 0.514. The summed E-state index contributed by atoms with van der Waals surface area (Å²) >= 11 is 3.46. The third kappa shape index (κ3) is 1.15. The molecule has 0 aliphatic carbocycles. The normalized spacial score (nSPS) is 11.4. The Morgan fingerprint density at radius 3 is 2.94 bits per heavy atom. The Kier molecular flexibility index (Phi) is 1.91. The predicted molar refractivity (Wildman–Crippen MR) is 68.1 cm³/mol. The van der Waals surface area contributed by atoms with E-state index in [4.69, 9.17) is 5.73 Å². The summed E-state index contributed by atoms with van der Waals surface area (Å²) in [6, 6.07) is 6.09. The first kappa shape index (κ1) is 9.59. The highest BCUT2D eigenvalue weighted by atomic mass is 79.9. The van der Waals surface area contributed by atoms with Gasteiger partial charge in [0.2, 0.25) is 0 Å². The van der Waals surface area contributed by atoms with Gasteiger partial charge in [-0.15, -0.1) is 0 Å². The number of aryl methyl sites for hydroxylation is 1. The van der Waals surface area contributed by atoms with Crippen LogP contribution in [0.15, 0.2) is 29.0 Å². The van der Waals surface area contributed by atoms with Crippen molar-refractivity contribution < 1.29 is 0 Å². The van der Waals surface area contributed by atoms with Gasteiger partial charge in [0.1, 0.15) is 17.4 Å². The molecule has 0 amide bonds. The van der Waals surface area contributed by atoms with Crippen molar-refractivity contribution in [3.63, 3.8) is 0 Å². The smallest absolute Gasteiger partial charge is 0.151 e. The van der Waals surface area contributed by atoms with Crippen LogP contribution in [0.3, 0.4) is 0 Å². The van der Waals surface area contributed by atoms with Gasteiger partial charge in [-0.1, -0.05) is 15.9 Å². The van der Waals surface area contributed by atoms with Crippen LogP contribution in [0.5, 0.6) is 0 Å². The second kappa shape index (κ2) is 3.18. The molecular formula is C11H9BrN4. The Hall–Kier alpha value is -1.62. The molecule has 5 heteroatoms. The third-order valence-corrected chi connectivity index (χ3v) is 3.26. The SMILES string of the molecule is Cn1c2cc(Br)ccc2c2ncnc(N)c21. The van der Waals surface area contributed by atoms with E-state index in [1.165, 1.54) is 6.33 Å². The fourth-order valence-electron chi connectivity index (χ4n) is 2.02. The van der Waals surface area contributed by atoms with Gasteiger partial charge >= 0.3 is 0 Å². The second-order valence-electron chi connectivity index (χ2n) is 3.68. The molecule has 16 heavy (non-hydrogen) atoms. The number of nitrogen functional groups attached to an aromatic ring is 1. The fraction of sp³-hybridized carbons (Fsp3) is 0.0909. The Morgan fingerprint density at radius 2 is 2.12 bits per heavy atom. The van der Waals surface area contributed by atoms with E-state index in [1.807, 2.05) is 23.7 Å². The van der Waals surface area contributed by atoms with Crippen LogP contribution in [0.2, 0.25) is 0 Å². The molecule has 2 N–H and O–H groups in total. The summed E-state index contributed by atoms with van der Waals surface area (Å²) in [6.07, 6.45) is 1.50. The largest absolute Gasteiger partial charge is 0.382 e. The van der Waals surface area contributed by atoms with Gasteiger partial charge in [0, 0.05) is 16.9 Å². The molecule has 3 rings (SSSR count). The Labute approximate surface area is 100 Å². The summed E-state index contributed by atoms with van der Waals surface area (Å²) in [5.74, 6) is 0.514. The molecule has 0 saturated carbocycles. The van der Waals surface area contributed by atoms with Crippen LogP contribution in [-0.2, 0) is 7.05 Å². The van der Waals surface area contributed by atoms with Crippen molar-refractivity contribution in [1.82, 2.24) is 14.5 Å². The first-order chi connectivity index (χ1) is 7.68. The number of hydrogen-bond donors (Lipinski definition) is 1. The van der Waals surface area contributed by atoms with Crippen molar-refractivity contribution in [1.29, 1.82) is 0 Å². The molecule has 2 aromatic heterocycles. The van der Waals surface area contributed by atoms with Crippen LogP contribution in [0, 0.1) is 0 Å². The molecule has 0 radical (unpaired) electrons. The zero-order chi connectivity index (χ0) is 11.3. The van der Waals surface area contributed by atoms with Gasteiger partial charge < -0.3 is 10.3 Å². The quantitative estimate of drug-likeness (QED) is 0.686. The lowest BCUT2D eigenvalue weighted by atomic mass is 10.2. The fourth-order valence-corrected chi connectivity index (χ4v) is 2.37. The van der Waals surface area contributed by atoms with Crippen LogP contribution in [0.4, 0.5) is 5.82 Å². The number of aromatic nitrogens is 3. The lowest BCUT2D eigenvalue weighted by Gasteiger charge is -1.99. The number of rotatable bonds is 0. The molecule has 2 heterocycles. The highest BCUT2D eigenvalue weighted by molar-refractivity contribution is 9.10. The molecule has 1 aromatic carbocycles. The molecule has 0 aliphatic heterocycles. The third-order valence-electron chi connectivity index (χ3n) is 2.76. The Bertz CT molecular complexity index is 702. The summed E-state index contributed by atoms with van der Waals surface area (Å²) in [5.41, 5.74) is 8.75. The highest BCUT2D eigenvalue weighted by Crippen LogP contribution is 2.30. The topological polar surface area (TPSA) is 56.7 Å². The zero-order valence-electron chi connectivity index (χ0n) is 8.61. The molecule has 0 bridgehead atoms. The first-order valence-electron chi connectivity index (χ1n) is 4.82. The van der Waals surface area contributed by atoms with Crippen LogP contribution >= 0.6 is 15.9 Å². The minimum atomic E-state index is 0.514. The van der Waals surface area contributed by atoms with Crippen molar-refractivity contribution in [2.24, 2.45) is 7.05 Å². The van der Waals surface area contributed by atoms with E-state index < -0.39 is 0 Å². The summed E-state index contributed by atoms with van der Waals surface area (Å²) in [5, 5.41) is 1.09. The van der Waals surface area contributed by atoms with Crippen molar-refractivity contribution in [2.45, 2.75) is 0 Å². The average molecular weight is 277 g/mol. The van der Waals surface area contributed by atoms with Crippen LogP contribution in [-0.4, -0.2) is 14.5 Å². The number of nitrogens with two attached hydrogens (primary N) is 1. The maximum Gasteiger partial charge on any atom is 0.151 e. The second-order valence-corrected chi connectivity index (χ2v) is 4.59. The number of anilines is 1. The minimum Gasteiger partial charge on any atom is -0.382 e. The molecule has 0 atom stereocenters. The van der Waals surface area contributed by atoms with Crippen molar-refractivity contribution in [2.75, 3.05) is 5.73 Å². The molecule has 0 saturated heterocycles. The Morgan fingerprint density at radius 1 is 1.31 bits per heavy atom. The maximum absolute atomic E-state index is 5.88. The number of benzene rings is 1. The standard InChI is InChI=1S/C11H9BrN4/c1-16-8-4-6(12)2-3-7(8)9-10(16)11(13)15-5-14-9/h2-5H,1H3,(H2,13,14,15). The van der Waals surface area contributed by atoms with Crippen LogP contribution in [0.1, 0.15) is 0 Å². The number of fused-ring (bicyclic) bond motifs is 3. The van der Waals surface area contributed by atoms with E-state index in [0.717, 1.165) is 26.4 Å². The van der Waals surface area contributed by atoms with Gasteiger partial charge in [-0.3, -0.25) is 0 Å². The molecule has 80 valence electrons. The van der Waals surface area contributed by atoms with E-state index in [0.29, 0.717) is 5.82 Å². The van der Waals surface area contributed by atoms with Crippen molar-refractivity contribution >= 4 is 43.7 Å². The molecular weight excluding hydrogens is 268 g/mol. The van der Waals surface area contributed by atoms with Gasteiger partial charge in [-0.25, -0.2) is 9.97 Å². The monoisotopic (exact) mass is 276 g/mol. The van der Waals surface area contributed by atoms with Gasteiger partial charge in [0.25, 0.3) is 0 Å². The number of hydrogen-bond acceptors (Lipinski definition) is 3. The van der Waals surface area contributed by atoms with Crippen LogP contribution in [0.25, 0.3) is 21.9 Å². The summed E-state index contributed by atoms with van der Waals surface area (Å²) < 4.78 is 3.06. The molecule has 3 aromatic rings. The van der Waals surface area contributed by atoms with Gasteiger partial charge in [-0.05, 0) is 18.2 Å². The highest BCUT2D eigenvalue weighted by Gasteiger charge is 2.12.